The molecule has 2 aromatic rings. The van der Waals surface area contributed by atoms with Gasteiger partial charge in [0, 0.05) is 37.7 Å². The molecule has 0 aliphatic carbocycles. The Labute approximate surface area is 124 Å². The second kappa shape index (κ2) is 6.43. The number of anilines is 1. The minimum Gasteiger partial charge on any atom is -0.472 e. The molecule has 21 heavy (non-hydrogen) atoms. The summed E-state index contributed by atoms with van der Waals surface area (Å²) in [5, 5.41) is 2.98. The molecule has 1 saturated heterocycles. The van der Waals surface area contributed by atoms with Gasteiger partial charge in [0.1, 0.15) is 6.26 Å². The quantitative estimate of drug-likeness (QED) is 0.936. The van der Waals surface area contributed by atoms with Gasteiger partial charge in [0.15, 0.2) is 0 Å². The molecule has 5 heteroatoms. The first kappa shape index (κ1) is 13.7. The summed E-state index contributed by atoms with van der Waals surface area (Å²) in [6.07, 6.45) is 8.82. The number of pyridine rings is 1. The maximum Gasteiger partial charge on any atom is 0.254 e. The van der Waals surface area contributed by atoms with Crippen LogP contribution in [0.3, 0.4) is 0 Å². The fraction of sp³-hybridized carbons (Fsp3) is 0.375. The van der Waals surface area contributed by atoms with Crippen LogP contribution in [0.15, 0.2) is 47.5 Å². The van der Waals surface area contributed by atoms with Crippen molar-refractivity contribution in [1.29, 1.82) is 0 Å². The number of furan rings is 1. The summed E-state index contributed by atoms with van der Waals surface area (Å²) >= 11 is 0. The molecule has 0 bridgehead atoms. The lowest BCUT2D eigenvalue weighted by Crippen LogP contribution is -2.38. The maximum atomic E-state index is 11.8. The number of nitrogens with one attached hydrogen (secondary N) is 1. The Morgan fingerprint density at radius 1 is 1.29 bits per heavy atom. The SMILES string of the molecule is O=C(NCC1CCN(c2ccncc2)CC1)c1ccoc1. The number of aromatic nitrogens is 1. The highest BCUT2D eigenvalue weighted by molar-refractivity contribution is 5.93. The van der Waals surface area contributed by atoms with Gasteiger partial charge in [-0.05, 0) is 37.0 Å². The van der Waals surface area contributed by atoms with Crippen LogP contribution in [0.25, 0.3) is 0 Å². The fourth-order valence-electron chi connectivity index (χ4n) is 2.68. The molecule has 0 atom stereocenters. The lowest BCUT2D eigenvalue weighted by molar-refractivity contribution is 0.0944. The summed E-state index contributed by atoms with van der Waals surface area (Å²) in [5.74, 6) is 0.485. The van der Waals surface area contributed by atoms with Crippen molar-refractivity contribution in [2.75, 3.05) is 24.5 Å². The molecule has 0 aromatic carbocycles. The van der Waals surface area contributed by atoms with Crippen molar-refractivity contribution in [3.05, 3.63) is 48.7 Å². The summed E-state index contributed by atoms with van der Waals surface area (Å²) in [5.41, 5.74) is 1.81. The standard InChI is InChI=1S/C16H19N3O2/c20-16(14-5-10-21-12-14)18-11-13-3-8-19(9-4-13)15-1-6-17-7-2-15/h1-2,5-7,10,12-13H,3-4,8-9,11H2,(H,18,20). The van der Waals surface area contributed by atoms with Gasteiger partial charge in [-0.1, -0.05) is 0 Å². The molecule has 1 aliphatic rings. The highest BCUT2D eigenvalue weighted by Gasteiger charge is 2.20. The average molecular weight is 285 g/mol. The molecular formula is C16H19N3O2. The van der Waals surface area contributed by atoms with Crippen LogP contribution in [0.1, 0.15) is 23.2 Å². The number of nitrogens with zero attached hydrogens (tertiary/aromatic N) is 2. The van der Waals surface area contributed by atoms with Crippen LogP contribution in [0.5, 0.6) is 0 Å². The first-order chi connectivity index (χ1) is 10.3. The van der Waals surface area contributed by atoms with Gasteiger partial charge in [-0.2, -0.15) is 0 Å². The van der Waals surface area contributed by atoms with E-state index in [4.69, 9.17) is 4.42 Å². The largest absolute Gasteiger partial charge is 0.472 e. The average Bonchev–Trinajstić information content (AvgIpc) is 3.08. The highest BCUT2D eigenvalue weighted by atomic mass is 16.3. The zero-order valence-corrected chi connectivity index (χ0v) is 11.9. The predicted molar refractivity (Wildman–Crippen MR) is 80.2 cm³/mol. The summed E-state index contributed by atoms with van der Waals surface area (Å²) in [7, 11) is 0. The van der Waals surface area contributed by atoms with Crippen molar-refractivity contribution in [2.24, 2.45) is 5.92 Å². The second-order valence-electron chi connectivity index (χ2n) is 5.36. The Balaban J connectivity index is 1.45. The Hall–Kier alpha value is -2.30. The van der Waals surface area contributed by atoms with Gasteiger partial charge in [-0.3, -0.25) is 9.78 Å². The smallest absolute Gasteiger partial charge is 0.254 e. The molecule has 0 saturated carbocycles. The normalized spacial score (nSPS) is 15.9. The zero-order chi connectivity index (χ0) is 14.5. The van der Waals surface area contributed by atoms with Crippen LogP contribution < -0.4 is 10.2 Å². The first-order valence-electron chi connectivity index (χ1n) is 7.28. The van der Waals surface area contributed by atoms with Crippen LogP contribution in [0.2, 0.25) is 0 Å². The highest BCUT2D eigenvalue weighted by Crippen LogP contribution is 2.22. The number of piperidine rings is 1. The van der Waals surface area contributed by atoms with Crippen molar-refractivity contribution in [3.8, 4) is 0 Å². The molecule has 0 radical (unpaired) electrons. The van der Waals surface area contributed by atoms with Gasteiger partial charge in [0.05, 0.1) is 11.8 Å². The summed E-state index contributed by atoms with van der Waals surface area (Å²) in [6, 6.07) is 5.77. The molecular weight excluding hydrogens is 266 g/mol. The maximum absolute atomic E-state index is 11.8. The third-order valence-electron chi connectivity index (χ3n) is 3.98. The fourth-order valence-corrected chi connectivity index (χ4v) is 2.68. The van der Waals surface area contributed by atoms with E-state index in [2.05, 4.69) is 15.2 Å². The van der Waals surface area contributed by atoms with E-state index < -0.39 is 0 Å². The van der Waals surface area contributed by atoms with Gasteiger partial charge >= 0.3 is 0 Å². The third kappa shape index (κ3) is 3.42. The number of amides is 1. The number of carbonyl (C=O) groups excluding carboxylic acids is 1. The number of hydrogen-bond donors (Lipinski definition) is 1. The Morgan fingerprint density at radius 3 is 2.71 bits per heavy atom. The van der Waals surface area contributed by atoms with Crippen LogP contribution >= 0.6 is 0 Å². The van der Waals surface area contributed by atoms with Crippen LogP contribution in [0, 0.1) is 5.92 Å². The molecule has 110 valence electrons. The molecule has 0 spiro atoms. The molecule has 1 fully saturated rings. The summed E-state index contributed by atoms with van der Waals surface area (Å²) in [4.78, 5) is 18.3. The van der Waals surface area contributed by atoms with E-state index in [-0.39, 0.29) is 5.91 Å². The number of carbonyl (C=O) groups is 1. The molecule has 1 amide bonds. The first-order valence-corrected chi connectivity index (χ1v) is 7.28. The Bertz CT molecular complexity index is 560. The third-order valence-corrected chi connectivity index (χ3v) is 3.98. The van der Waals surface area contributed by atoms with Gasteiger partial charge in [-0.15, -0.1) is 0 Å². The van der Waals surface area contributed by atoms with Gasteiger partial charge in [0.25, 0.3) is 5.91 Å². The van der Waals surface area contributed by atoms with Crippen molar-refractivity contribution >= 4 is 11.6 Å². The van der Waals surface area contributed by atoms with Gasteiger partial charge < -0.3 is 14.6 Å². The molecule has 0 unspecified atom stereocenters. The topological polar surface area (TPSA) is 58.4 Å². The van der Waals surface area contributed by atoms with E-state index in [0.717, 1.165) is 32.5 Å². The molecule has 3 heterocycles. The summed E-state index contributed by atoms with van der Waals surface area (Å²) < 4.78 is 4.92. The Morgan fingerprint density at radius 2 is 2.05 bits per heavy atom. The van der Waals surface area contributed by atoms with Crippen molar-refractivity contribution in [1.82, 2.24) is 10.3 Å². The monoisotopic (exact) mass is 285 g/mol. The molecule has 5 nitrogen and oxygen atoms in total. The lowest BCUT2D eigenvalue weighted by atomic mass is 9.96. The lowest BCUT2D eigenvalue weighted by Gasteiger charge is -2.33. The van der Waals surface area contributed by atoms with E-state index in [1.54, 1.807) is 6.07 Å². The predicted octanol–water partition coefficient (Wildman–Crippen LogP) is 2.32. The molecule has 1 aliphatic heterocycles. The van der Waals surface area contributed by atoms with Gasteiger partial charge in [-0.25, -0.2) is 0 Å². The second-order valence-corrected chi connectivity index (χ2v) is 5.36. The van der Waals surface area contributed by atoms with Crippen LogP contribution in [-0.4, -0.2) is 30.5 Å². The van der Waals surface area contributed by atoms with E-state index in [9.17, 15) is 4.79 Å². The number of rotatable bonds is 4. The van der Waals surface area contributed by atoms with Crippen molar-refractivity contribution < 1.29 is 9.21 Å². The van der Waals surface area contributed by atoms with E-state index >= 15 is 0 Å². The van der Waals surface area contributed by atoms with E-state index in [1.807, 2.05) is 24.5 Å². The Kier molecular flexibility index (Phi) is 4.19. The van der Waals surface area contributed by atoms with E-state index in [0.29, 0.717) is 11.5 Å². The number of hydrogen-bond acceptors (Lipinski definition) is 4. The van der Waals surface area contributed by atoms with E-state index in [1.165, 1.54) is 18.2 Å². The van der Waals surface area contributed by atoms with Crippen molar-refractivity contribution in [3.63, 3.8) is 0 Å². The molecule has 1 N–H and O–H groups in total. The molecule has 2 aromatic heterocycles. The van der Waals surface area contributed by atoms with Crippen LogP contribution in [-0.2, 0) is 0 Å². The zero-order valence-electron chi connectivity index (χ0n) is 11.9. The minimum atomic E-state index is -0.0553. The summed E-state index contributed by atoms with van der Waals surface area (Å²) in [6.45, 7) is 2.78. The van der Waals surface area contributed by atoms with Gasteiger partial charge in [0.2, 0.25) is 0 Å². The van der Waals surface area contributed by atoms with Crippen molar-refractivity contribution in [2.45, 2.75) is 12.8 Å². The van der Waals surface area contributed by atoms with Crippen LogP contribution in [0.4, 0.5) is 5.69 Å². The minimum absolute atomic E-state index is 0.0553. The molecule has 3 rings (SSSR count).